The number of hydrogen-bond acceptors (Lipinski definition) is 0. The summed E-state index contributed by atoms with van der Waals surface area (Å²) in [6.45, 7) is 4.44. The van der Waals surface area contributed by atoms with E-state index < -0.39 is 7.38 Å². The summed E-state index contributed by atoms with van der Waals surface area (Å²) in [6.07, 6.45) is 3.79. The Kier molecular flexibility index (Phi) is 10.4. The van der Waals surface area contributed by atoms with Gasteiger partial charge in [-0.2, -0.15) is 47.0 Å². The van der Waals surface area contributed by atoms with E-state index in [1.165, 1.54) is 30.9 Å². The average Bonchev–Trinajstić information content (AvgIpc) is 2.98. The van der Waals surface area contributed by atoms with Crippen LogP contribution in [0.2, 0.25) is 19.1 Å². The largest absolute Gasteiger partial charge is 2.00 e. The van der Waals surface area contributed by atoms with E-state index in [0.717, 1.165) is 0 Å². The van der Waals surface area contributed by atoms with Gasteiger partial charge in [-0.25, -0.2) is 24.3 Å². The van der Waals surface area contributed by atoms with E-state index >= 15 is 0 Å². The summed E-state index contributed by atoms with van der Waals surface area (Å²) in [6, 6.07) is 19.9. The molecule has 0 radical (unpaired) electrons. The van der Waals surface area contributed by atoms with Gasteiger partial charge in [0.05, 0.1) is 0 Å². The second kappa shape index (κ2) is 10.5. The maximum absolute atomic E-state index is 6.23. The van der Waals surface area contributed by atoms with Crippen LogP contribution in [-0.4, -0.2) is 7.38 Å². The Labute approximate surface area is 134 Å². The Morgan fingerprint density at radius 2 is 1.74 bits per heavy atom. The van der Waals surface area contributed by atoms with E-state index in [9.17, 15) is 0 Å². The average molecular weight is 335 g/mol. The number of hydrogen-bond donors (Lipinski definition) is 0. The SMILES string of the molecule is C[Si](C)(Cl)CCCCc1ccc[cH-]1.[Fe+2].c1cc[cH-]c1. The molecule has 0 saturated carbocycles. The molecule has 0 heterocycles. The number of halogens is 1. The predicted octanol–water partition coefficient (Wildman–Crippen LogP) is 5.58. The quantitative estimate of drug-likeness (QED) is 0.290. The first-order valence-corrected chi connectivity index (χ1v) is 10.9. The fourth-order valence-corrected chi connectivity index (χ4v) is 3.27. The van der Waals surface area contributed by atoms with Gasteiger partial charge in [0, 0.05) is 0 Å². The predicted molar refractivity (Wildman–Crippen MR) is 85.2 cm³/mol. The van der Waals surface area contributed by atoms with Gasteiger partial charge in [-0.15, -0.1) is 0 Å². The van der Waals surface area contributed by atoms with Gasteiger partial charge >= 0.3 is 17.1 Å². The van der Waals surface area contributed by atoms with Crippen LogP contribution >= 0.6 is 11.1 Å². The van der Waals surface area contributed by atoms with E-state index in [-0.39, 0.29) is 17.1 Å². The molecule has 0 saturated heterocycles. The van der Waals surface area contributed by atoms with Crippen LogP contribution in [0.25, 0.3) is 0 Å². The van der Waals surface area contributed by atoms with Crippen molar-refractivity contribution in [2.45, 2.75) is 38.4 Å². The molecule has 0 spiro atoms. The van der Waals surface area contributed by atoms with Gasteiger partial charge in [0.15, 0.2) is 0 Å². The molecular weight excluding hydrogens is 312 g/mol. The summed E-state index contributed by atoms with van der Waals surface area (Å²) in [4.78, 5) is 0. The Bertz CT molecular complexity index is 356. The van der Waals surface area contributed by atoms with Crippen LogP contribution in [0.15, 0.2) is 54.6 Å². The minimum Gasteiger partial charge on any atom is -0.214 e. The van der Waals surface area contributed by atoms with E-state index in [1.807, 2.05) is 30.3 Å². The molecule has 0 aliphatic heterocycles. The van der Waals surface area contributed by atoms with Crippen molar-refractivity contribution in [3.63, 3.8) is 0 Å². The zero-order chi connectivity index (χ0) is 13.3. The summed E-state index contributed by atoms with van der Waals surface area (Å²) in [5, 5.41) is 0. The minimum absolute atomic E-state index is 0. The van der Waals surface area contributed by atoms with Crippen molar-refractivity contribution in [2.24, 2.45) is 0 Å². The summed E-state index contributed by atoms with van der Waals surface area (Å²) < 4.78 is 0. The van der Waals surface area contributed by atoms with Crippen LogP contribution in [0.3, 0.4) is 0 Å². The van der Waals surface area contributed by atoms with E-state index in [0.29, 0.717) is 0 Å². The maximum atomic E-state index is 6.23. The van der Waals surface area contributed by atoms with Gasteiger partial charge in [-0.05, 0) is 6.04 Å². The van der Waals surface area contributed by atoms with Crippen LogP contribution in [0.1, 0.15) is 18.4 Å². The molecule has 0 amide bonds. The molecule has 0 N–H and O–H groups in total. The zero-order valence-corrected chi connectivity index (χ0v) is 14.6. The summed E-state index contributed by atoms with van der Waals surface area (Å²) >= 11 is 6.23. The molecule has 0 nitrogen and oxygen atoms in total. The van der Waals surface area contributed by atoms with Crippen LogP contribution < -0.4 is 0 Å². The molecule has 0 bridgehead atoms. The number of rotatable bonds is 5. The Morgan fingerprint density at radius 1 is 1.05 bits per heavy atom. The fourth-order valence-electron chi connectivity index (χ4n) is 1.78. The Balaban J connectivity index is 0.000000454. The van der Waals surface area contributed by atoms with Crippen molar-refractivity contribution >= 4 is 18.5 Å². The topological polar surface area (TPSA) is 0 Å². The first-order chi connectivity index (χ1) is 8.58. The van der Waals surface area contributed by atoms with E-state index in [2.05, 4.69) is 37.4 Å². The molecule has 3 heteroatoms. The van der Waals surface area contributed by atoms with E-state index in [1.54, 1.807) is 0 Å². The zero-order valence-electron chi connectivity index (χ0n) is 11.8. The second-order valence-corrected chi connectivity index (χ2v) is 12.2. The molecule has 0 fully saturated rings. The molecule has 0 atom stereocenters. The first kappa shape index (κ1) is 18.7. The molecule has 0 aliphatic carbocycles. The third-order valence-corrected chi connectivity index (χ3v) is 4.88. The molecule has 2 rings (SSSR count). The van der Waals surface area contributed by atoms with Crippen molar-refractivity contribution < 1.29 is 17.1 Å². The summed E-state index contributed by atoms with van der Waals surface area (Å²) in [5.41, 5.74) is 1.47. The van der Waals surface area contributed by atoms with Crippen molar-refractivity contribution in [3.05, 3.63) is 60.2 Å². The Morgan fingerprint density at radius 3 is 2.16 bits per heavy atom. The van der Waals surface area contributed by atoms with Gasteiger partial charge in [-0.1, -0.05) is 32.4 Å². The van der Waals surface area contributed by atoms with Crippen LogP contribution in [0.4, 0.5) is 0 Å². The van der Waals surface area contributed by atoms with Gasteiger partial charge < -0.3 is 0 Å². The van der Waals surface area contributed by atoms with Crippen LogP contribution in [0.5, 0.6) is 0 Å². The molecule has 0 unspecified atom stereocenters. The second-order valence-electron chi connectivity index (χ2n) is 5.18. The molecule has 2 aromatic rings. The smallest absolute Gasteiger partial charge is 0.214 e. The normalized spacial score (nSPS) is 10.3. The fraction of sp³-hybridized carbons (Fsp3) is 0.375. The Hall–Kier alpha value is -0.274. The van der Waals surface area contributed by atoms with Crippen molar-refractivity contribution in [2.75, 3.05) is 0 Å². The van der Waals surface area contributed by atoms with Crippen LogP contribution in [0, 0.1) is 0 Å². The van der Waals surface area contributed by atoms with Crippen LogP contribution in [-0.2, 0) is 23.5 Å². The van der Waals surface area contributed by atoms with Gasteiger partial charge in [0.1, 0.15) is 7.38 Å². The molecule has 0 aliphatic rings. The standard InChI is InChI=1S/C11H18ClSi.C5H5.Fe/c1-13(2,12)10-6-5-9-11-7-3-4-8-11;1-2-4-5-3-1;/h3-4,7-8H,5-6,9-10H2,1-2H3;1-5H;/q2*-1;+2. The van der Waals surface area contributed by atoms with Gasteiger partial charge in [-0.3, -0.25) is 0 Å². The van der Waals surface area contributed by atoms with Crippen molar-refractivity contribution in [1.29, 1.82) is 0 Å². The molecule has 106 valence electrons. The molecule has 19 heavy (non-hydrogen) atoms. The van der Waals surface area contributed by atoms with Gasteiger partial charge in [0.2, 0.25) is 0 Å². The number of aryl methyl sites for hydroxylation is 1. The van der Waals surface area contributed by atoms with Crippen molar-refractivity contribution in [1.82, 2.24) is 0 Å². The molecular formula is C16H23ClFeSi. The summed E-state index contributed by atoms with van der Waals surface area (Å²) in [7, 11) is -1.31. The maximum Gasteiger partial charge on any atom is 2.00 e. The monoisotopic (exact) mass is 334 g/mol. The third-order valence-electron chi connectivity index (χ3n) is 2.77. The first-order valence-electron chi connectivity index (χ1n) is 6.64. The van der Waals surface area contributed by atoms with Crippen molar-refractivity contribution in [3.8, 4) is 0 Å². The molecule has 2 aromatic carbocycles. The van der Waals surface area contributed by atoms with E-state index in [4.69, 9.17) is 11.1 Å². The third kappa shape index (κ3) is 11.3. The number of unbranched alkanes of at least 4 members (excludes halogenated alkanes) is 1. The minimum atomic E-state index is -1.31. The molecule has 0 aromatic heterocycles. The summed E-state index contributed by atoms with van der Waals surface area (Å²) in [5.74, 6) is 0. The van der Waals surface area contributed by atoms with Gasteiger partial charge in [0.25, 0.3) is 0 Å².